The van der Waals surface area contributed by atoms with Gasteiger partial charge in [-0.15, -0.1) is 0 Å². The van der Waals surface area contributed by atoms with Crippen LogP contribution < -0.4 is 4.90 Å². The van der Waals surface area contributed by atoms with Crippen LogP contribution in [0.1, 0.15) is 33.3 Å². The fourth-order valence-corrected chi connectivity index (χ4v) is 4.89. The van der Waals surface area contributed by atoms with Crippen LogP contribution in [0.5, 0.6) is 0 Å². The summed E-state index contributed by atoms with van der Waals surface area (Å²) in [7, 11) is 0. The van der Waals surface area contributed by atoms with E-state index in [-0.39, 0.29) is 6.04 Å². The third-order valence-corrected chi connectivity index (χ3v) is 6.61. The molecular formula is C24H32N2O2S. The number of para-hydroxylation sites is 1. The molecule has 0 radical (unpaired) electrons. The van der Waals surface area contributed by atoms with Crippen LogP contribution in [0.4, 0.5) is 5.69 Å². The molecule has 1 N–H and O–H groups in total. The molecule has 1 heterocycles. The van der Waals surface area contributed by atoms with E-state index >= 15 is 0 Å². The first kappa shape index (κ1) is 21.7. The first-order valence-electron chi connectivity index (χ1n) is 10.4. The number of hydrogen-bond donors (Lipinski definition) is 1. The second kappa shape index (κ2) is 9.68. The molecule has 4 nitrogen and oxygen atoms in total. The summed E-state index contributed by atoms with van der Waals surface area (Å²) in [6.07, 6.45) is 1.11. The number of carbonyl (C=O) groups is 1. The van der Waals surface area contributed by atoms with E-state index in [9.17, 15) is 9.90 Å². The highest BCUT2D eigenvalue weighted by Crippen LogP contribution is 2.37. The van der Waals surface area contributed by atoms with Crippen molar-refractivity contribution in [2.45, 2.75) is 56.0 Å². The van der Waals surface area contributed by atoms with Crippen molar-refractivity contribution < 1.29 is 9.90 Å². The van der Waals surface area contributed by atoms with Crippen LogP contribution in [0.15, 0.2) is 58.3 Å². The maximum absolute atomic E-state index is 11.3. The average Bonchev–Trinajstić information content (AvgIpc) is 2.69. The van der Waals surface area contributed by atoms with Gasteiger partial charge in [-0.2, -0.15) is 0 Å². The van der Waals surface area contributed by atoms with E-state index in [2.05, 4.69) is 79.1 Å². The van der Waals surface area contributed by atoms with Gasteiger partial charge in [-0.3, -0.25) is 9.69 Å². The van der Waals surface area contributed by atoms with Crippen molar-refractivity contribution >= 4 is 23.4 Å². The Bertz CT molecular complexity index is 822. The van der Waals surface area contributed by atoms with E-state index in [1.807, 2.05) is 0 Å². The molecule has 0 amide bonds. The minimum Gasteiger partial charge on any atom is -0.480 e. The Kier molecular flexibility index (Phi) is 7.25. The minimum atomic E-state index is -0.748. The Labute approximate surface area is 178 Å². The number of piperazine rings is 1. The fraction of sp³-hybridized carbons (Fsp3) is 0.458. The fourth-order valence-electron chi connectivity index (χ4n) is 3.92. The number of benzene rings is 2. The Balaban J connectivity index is 1.73. The molecule has 0 spiro atoms. The number of hydrogen-bond acceptors (Lipinski definition) is 4. The van der Waals surface area contributed by atoms with E-state index in [0.29, 0.717) is 5.92 Å². The smallest absolute Gasteiger partial charge is 0.320 e. The van der Waals surface area contributed by atoms with Gasteiger partial charge in [0, 0.05) is 35.5 Å². The van der Waals surface area contributed by atoms with Crippen molar-refractivity contribution in [2.75, 3.05) is 24.5 Å². The molecule has 29 heavy (non-hydrogen) atoms. The molecule has 0 aromatic heterocycles. The van der Waals surface area contributed by atoms with E-state index in [0.717, 1.165) is 26.1 Å². The Morgan fingerprint density at radius 3 is 2.41 bits per heavy atom. The maximum Gasteiger partial charge on any atom is 0.320 e. The summed E-state index contributed by atoms with van der Waals surface area (Å²) in [5.74, 6) is -0.0826. The molecule has 2 aromatic carbocycles. The van der Waals surface area contributed by atoms with Crippen LogP contribution >= 0.6 is 11.8 Å². The molecule has 1 saturated heterocycles. The topological polar surface area (TPSA) is 43.8 Å². The molecule has 0 saturated carbocycles. The highest BCUT2D eigenvalue weighted by molar-refractivity contribution is 7.99. The number of carboxylic acid groups (broad SMARTS) is 1. The van der Waals surface area contributed by atoms with Crippen molar-refractivity contribution in [1.29, 1.82) is 0 Å². The molecule has 1 aliphatic rings. The summed E-state index contributed by atoms with van der Waals surface area (Å²) in [5.41, 5.74) is 2.62. The van der Waals surface area contributed by atoms with Crippen LogP contribution in [0, 0.1) is 5.92 Å². The van der Waals surface area contributed by atoms with Crippen LogP contribution in [0.25, 0.3) is 0 Å². The largest absolute Gasteiger partial charge is 0.480 e. The normalized spacial score (nSPS) is 18.8. The van der Waals surface area contributed by atoms with E-state index in [1.165, 1.54) is 21.0 Å². The van der Waals surface area contributed by atoms with Gasteiger partial charge in [0.25, 0.3) is 0 Å². The quantitative estimate of drug-likeness (QED) is 0.692. The lowest BCUT2D eigenvalue weighted by Crippen LogP contribution is -2.56. The number of rotatable bonds is 7. The van der Waals surface area contributed by atoms with Crippen molar-refractivity contribution in [3.05, 3.63) is 54.1 Å². The third-order valence-electron chi connectivity index (χ3n) is 5.53. The number of carboxylic acids is 1. The molecule has 1 aliphatic heterocycles. The Morgan fingerprint density at radius 2 is 1.79 bits per heavy atom. The van der Waals surface area contributed by atoms with Gasteiger partial charge in [0.2, 0.25) is 0 Å². The van der Waals surface area contributed by atoms with E-state index in [4.69, 9.17) is 0 Å². The van der Waals surface area contributed by atoms with Crippen LogP contribution in [-0.2, 0) is 11.2 Å². The Hall–Kier alpha value is -1.98. The first-order valence-corrected chi connectivity index (χ1v) is 11.3. The molecule has 2 unspecified atom stereocenters. The number of aliphatic carboxylic acids is 1. The summed E-state index contributed by atoms with van der Waals surface area (Å²) in [4.78, 5) is 18.3. The third kappa shape index (κ3) is 5.55. The van der Waals surface area contributed by atoms with Crippen molar-refractivity contribution in [1.82, 2.24) is 4.90 Å². The van der Waals surface area contributed by atoms with Gasteiger partial charge in [0.05, 0.1) is 5.69 Å². The minimum absolute atomic E-state index is 0.265. The zero-order valence-electron chi connectivity index (χ0n) is 17.8. The predicted molar refractivity (Wildman–Crippen MR) is 121 cm³/mol. The summed E-state index contributed by atoms with van der Waals surface area (Å²) in [5, 5.41) is 9.32. The van der Waals surface area contributed by atoms with Crippen molar-refractivity contribution in [2.24, 2.45) is 5.92 Å². The molecule has 5 heteroatoms. The number of nitrogens with zero attached hydrogens (tertiary/aromatic N) is 2. The summed E-state index contributed by atoms with van der Waals surface area (Å²) in [6.45, 7) is 10.8. The van der Waals surface area contributed by atoms with Gasteiger partial charge in [-0.1, -0.05) is 49.9 Å². The van der Waals surface area contributed by atoms with Gasteiger partial charge in [-0.25, -0.2) is 0 Å². The first-order chi connectivity index (χ1) is 13.8. The van der Waals surface area contributed by atoms with Crippen LogP contribution in [0.3, 0.4) is 0 Å². The van der Waals surface area contributed by atoms with Gasteiger partial charge in [0.15, 0.2) is 0 Å². The molecule has 156 valence electrons. The SMILES string of the molecule is CC(C)Cc1ccc(Sc2ccccc2N2CCN(C(C)C(=O)O)CC2C)cc1. The molecule has 2 aromatic rings. The molecule has 2 atom stereocenters. The lowest BCUT2D eigenvalue weighted by Gasteiger charge is -2.43. The molecular weight excluding hydrogens is 380 g/mol. The van der Waals surface area contributed by atoms with Crippen molar-refractivity contribution in [3.8, 4) is 0 Å². The second-order valence-electron chi connectivity index (χ2n) is 8.36. The zero-order chi connectivity index (χ0) is 21.0. The number of anilines is 1. The standard InChI is InChI=1S/C24H32N2O2S/c1-17(2)15-20-9-11-21(12-10-20)29-23-8-6-5-7-22(23)26-14-13-25(16-18(26)3)19(4)24(27)28/h5-12,17-19H,13-16H2,1-4H3,(H,27,28). The highest BCUT2D eigenvalue weighted by atomic mass is 32.2. The summed E-state index contributed by atoms with van der Waals surface area (Å²) in [6, 6.07) is 17.3. The van der Waals surface area contributed by atoms with Crippen LogP contribution in [0.2, 0.25) is 0 Å². The molecule has 1 fully saturated rings. The molecule has 0 aliphatic carbocycles. The summed E-state index contributed by atoms with van der Waals surface area (Å²) < 4.78 is 0. The second-order valence-corrected chi connectivity index (χ2v) is 9.48. The lowest BCUT2D eigenvalue weighted by molar-refractivity contribution is -0.142. The summed E-state index contributed by atoms with van der Waals surface area (Å²) >= 11 is 1.80. The average molecular weight is 413 g/mol. The van der Waals surface area contributed by atoms with E-state index in [1.54, 1.807) is 18.7 Å². The maximum atomic E-state index is 11.3. The molecule has 0 bridgehead atoms. The van der Waals surface area contributed by atoms with Gasteiger partial charge in [0.1, 0.15) is 6.04 Å². The zero-order valence-corrected chi connectivity index (χ0v) is 18.7. The van der Waals surface area contributed by atoms with Gasteiger partial charge in [-0.05, 0) is 56.0 Å². The van der Waals surface area contributed by atoms with Gasteiger partial charge < -0.3 is 10.0 Å². The van der Waals surface area contributed by atoms with Crippen molar-refractivity contribution in [3.63, 3.8) is 0 Å². The highest BCUT2D eigenvalue weighted by Gasteiger charge is 2.30. The van der Waals surface area contributed by atoms with E-state index < -0.39 is 12.0 Å². The Morgan fingerprint density at radius 1 is 1.10 bits per heavy atom. The monoisotopic (exact) mass is 412 g/mol. The van der Waals surface area contributed by atoms with Crippen LogP contribution in [-0.4, -0.2) is 47.7 Å². The lowest BCUT2D eigenvalue weighted by atomic mass is 10.0. The van der Waals surface area contributed by atoms with Gasteiger partial charge >= 0.3 is 5.97 Å². The predicted octanol–water partition coefficient (Wildman–Crippen LogP) is 5.02. The molecule has 3 rings (SSSR count).